The molecule has 10 heteroatoms. The van der Waals surface area contributed by atoms with E-state index >= 15 is 0 Å². The fourth-order valence-corrected chi connectivity index (χ4v) is 6.81. The van der Waals surface area contributed by atoms with Gasteiger partial charge in [0.05, 0.1) is 6.61 Å². The number of nitrogens with zero attached hydrogens (tertiary/aromatic N) is 2. The van der Waals surface area contributed by atoms with E-state index in [-0.39, 0.29) is 22.4 Å². The molecule has 3 rings (SSSR count). The molecule has 1 atom stereocenters. The first-order valence-electron chi connectivity index (χ1n) is 7.96. The van der Waals surface area contributed by atoms with Crippen molar-refractivity contribution in [2.24, 2.45) is 10.3 Å². The zero-order valence-electron chi connectivity index (χ0n) is 14.6. The Labute approximate surface area is 161 Å². The van der Waals surface area contributed by atoms with Gasteiger partial charge in [0.15, 0.2) is 5.04 Å². The highest BCUT2D eigenvalue weighted by molar-refractivity contribution is 8.67. The lowest BCUT2D eigenvalue weighted by Gasteiger charge is -2.33. The van der Waals surface area contributed by atoms with Gasteiger partial charge in [0.25, 0.3) is 0 Å². The molecule has 0 saturated heterocycles. The molecule has 1 aliphatic heterocycles. The highest BCUT2D eigenvalue weighted by atomic mass is 32.3. The Hall–Kier alpha value is -2.85. The Kier molecular flexibility index (Phi) is 5.19. The fraction of sp³-hybridized carbons (Fsp3) is 0.176. The molecule has 2 heterocycles. The Balaban J connectivity index is 2.20. The minimum absolute atomic E-state index is 0.0421. The minimum Gasteiger partial charge on any atom is -0.457 e. The summed E-state index contributed by atoms with van der Waals surface area (Å²) >= 11 is 1.35. The van der Waals surface area contributed by atoms with Crippen LogP contribution in [0.2, 0.25) is 0 Å². The fourth-order valence-electron chi connectivity index (χ4n) is 2.77. The SMILES string of the molecule is CCOC(=O)S1(C(=NO)C(=NO)c2ccccc2)Nc2scc(C)c2C1=N. The zero-order valence-corrected chi connectivity index (χ0v) is 16.2. The van der Waals surface area contributed by atoms with E-state index in [9.17, 15) is 15.2 Å². The minimum atomic E-state index is -3.08. The number of thiophene rings is 1. The second-order valence-electron chi connectivity index (χ2n) is 5.57. The summed E-state index contributed by atoms with van der Waals surface area (Å²) < 4.78 is 8.28. The lowest BCUT2D eigenvalue weighted by molar-refractivity contribution is 0.181. The molecule has 0 fully saturated rings. The van der Waals surface area contributed by atoms with Gasteiger partial charge in [0.2, 0.25) is 0 Å². The lowest BCUT2D eigenvalue weighted by atomic mass is 10.1. The molecule has 0 spiro atoms. The summed E-state index contributed by atoms with van der Waals surface area (Å²) in [6.45, 7) is 3.57. The predicted octanol–water partition coefficient (Wildman–Crippen LogP) is 4.35. The molecule has 4 N–H and O–H groups in total. The number of rotatable bonds is 3. The Bertz CT molecular complexity index is 955. The summed E-state index contributed by atoms with van der Waals surface area (Å²) in [6.07, 6.45) is 0. The molecule has 142 valence electrons. The number of ether oxygens (including phenoxy) is 1. The van der Waals surface area contributed by atoms with E-state index in [1.807, 2.05) is 12.3 Å². The zero-order chi connectivity index (χ0) is 19.6. The largest absolute Gasteiger partial charge is 0.457 e. The standard InChI is InChI=1S/C17H18N4O4S2/c1-3-25-17(22)27(14(18)12-10(2)9-26-15(12)21-27)16(20-24)13(19-23)11-7-5-4-6-8-11/h4-9,18,21,23-24H,3H2,1-2H3. The number of anilines is 1. The Morgan fingerprint density at radius 3 is 2.56 bits per heavy atom. The molecular formula is C17H18N4O4S2. The Morgan fingerprint density at radius 2 is 2.00 bits per heavy atom. The number of hydrogen-bond donors (Lipinski definition) is 4. The first kappa shape index (κ1) is 18.9. The summed E-state index contributed by atoms with van der Waals surface area (Å²) in [5.74, 6) is 0. The number of oxime groups is 2. The van der Waals surface area contributed by atoms with E-state index in [0.29, 0.717) is 16.1 Å². The lowest BCUT2D eigenvalue weighted by Crippen LogP contribution is -2.35. The van der Waals surface area contributed by atoms with Crippen molar-refractivity contribution in [2.75, 3.05) is 11.3 Å². The van der Waals surface area contributed by atoms with Crippen LogP contribution >= 0.6 is 21.6 Å². The summed E-state index contributed by atoms with van der Waals surface area (Å²) in [5, 5.41) is 36.2. The van der Waals surface area contributed by atoms with Gasteiger partial charge in [0.1, 0.15) is 15.8 Å². The van der Waals surface area contributed by atoms with Crippen LogP contribution in [-0.4, -0.2) is 38.1 Å². The summed E-state index contributed by atoms with van der Waals surface area (Å²) in [4.78, 5) is 13.0. The molecular weight excluding hydrogens is 388 g/mol. The van der Waals surface area contributed by atoms with Gasteiger partial charge >= 0.3 is 5.30 Å². The van der Waals surface area contributed by atoms with Crippen LogP contribution in [0.15, 0.2) is 46.0 Å². The number of benzene rings is 1. The normalized spacial score (nSPS) is 21.9. The molecule has 1 aromatic carbocycles. The van der Waals surface area contributed by atoms with Crippen molar-refractivity contribution >= 4 is 47.7 Å². The molecule has 0 aliphatic carbocycles. The van der Waals surface area contributed by atoms with E-state index in [1.54, 1.807) is 37.3 Å². The number of aryl methyl sites for hydroxylation is 1. The van der Waals surface area contributed by atoms with Crippen LogP contribution in [0.25, 0.3) is 0 Å². The molecule has 0 radical (unpaired) electrons. The number of carbonyl (C=O) groups excluding carboxylic acids is 1. The first-order chi connectivity index (χ1) is 13.0. The predicted molar refractivity (Wildman–Crippen MR) is 108 cm³/mol. The highest BCUT2D eigenvalue weighted by Crippen LogP contribution is 2.61. The van der Waals surface area contributed by atoms with Crippen LogP contribution in [0.5, 0.6) is 0 Å². The topological polar surface area (TPSA) is 127 Å². The molecule has 27 heavy (non-hydrogen) atoms. The quantitative estimate of drug-likeness (QED) is 0.198. The molecule has 8 nitrogen and oxygen atoms in total. The van der Waals surface area contributed by atoms with E-state index in [4.69, 9.17) is 10.1 Å². The third-order valence-electron chi connectivity index (χ3n) is 4.00. The van der Waals surface area contributed by atoms with Gasteiger partial charge in [-0.25, -0.2) is 4.79 Å². The second-order valence-corrected chi connectivity index (χ2v) is 9.01. The van der Waals surface area contributed by atoms with Gasteiger partial charge in [-0.05, 0) is 24.8 Å². The van der Waals surface area contributed by atoms with E-state index in [0.717, 1.165) is 5.56 Å². The van der Waals surface area contributed by atoms with E-state index < -0.39 is 15.5 Å². The average Bonchev–Trinajstić information content (AvgIpc) is 3.18. The summed E-state index contributed by atoms with van der Waals surface area (Å²) in [7, 11) is -3.08. The van der Waals surface area contributed by atoms with E-state index in [1.165, 1.54) is 11.3 Å². The summed E-state index contributed by atoms with van der Waals surface area (Å²) in [6, 6.07) is 8.52. The van der Waals surface area contributed by atoms with Crippen LogP contribution < -0.4 is 4.72 Å². The van der Waals surface area contributed by atoms with E-state index in [2.05, 4.69) is 15.0 Å². The van der Waals surface area contributed by atoms with Gasteiger partial charge in [-0.3, -0.25) is 5.41 Å². The maximum absolute atomic E-state index is 13.0. The van der Waals surface area contributed by atoms with Crippen molar-refractivity contribution in [3.05, 3.63) is 52.4 Å². The smallest absolute Gasteiger partial charge is 0.378 e. The van der Waals surface area contributed by atoms with Crippen molar-refractivity contribution < 1.29 is 19.9 Å². The maximum atomic E-state index is 13.0. The highest BCUT2D eigenvalue weighted by Gasteiger charge is 2.53. The van der Waals surface area contributed by atoms with Crippen LogP contribution in [0, 0.1) is 12.3 Å². The second kappa shape index (κ2) is 7.41. The van der Waals surface area contributed by atoms with Crippen molar-refractivity contribution in [1.29, 1.82) is 5.41 Å². The molecule has 1 unspecified atom stereocenters. The maximum Gasteiger partial charge on any atom is 0.378 e. The Morgan fingerprint density at radius 1 is 1.30 bits per heavy atom. The van der Waals surface area contributed by atoms with Gasteiger partial charge in [0, 0.05) is 21.3 Å². The number of nitrogens with one attached hydrogen (secondary N) is 2. The van der Waals surface area contributed by atoms with Crippen molar-refractivity contribution in [2.45, 2.75) is 13.8 Å². The first-order valence-corrected chi connectivity index (χ1v) is 10.5. The number of fused-ring (bicyclic) bond motifs is 1. The molecule has 1 aliphatic rings. The molecule has 0 bridgehead atoms. The molecule has 0 amide bonds. The van der Waals surface area contributed by atoms with Crippen molar-refractivity contribution in [1.82, 2.24) is 0 Å². The van der Waals surface area contributed by atoms with Gasteiger partial charge in [-0.1, -0.05) is 40.6 Å². The van der Waals surface area contributed by atoms with Crippen molar-refractivity contribution in [3.63, 3.8) is 0 Å². The third-order valence-corrected chi connectivity index (χ3v) is 7.94. The average molecular weight is 406 g/mol. The molecule has 2 aromatic rings. The van der Waals surface area contributed by atoms with Crippen LogP contribution in [-0.2, 0) is 4.74 Å². The van der Waals surface area contributed by atoms with Crippen LogP contribution in [0.4, 0.5) is 9.80 Å². The van der Waals surface area contributed by atoms with Crippen LogP contribution in [0.1, 0.15) is 23.6 Å². The van der Waals surface area contributed by atoms with Gasteiger partial charge in [-0.2, -0.15) is 0 Å². The molecule has 1 aromatic heterocycles. The van der Waals surface area contributed by atoms with Gasteiger partial charge in [-0.15, -0.1) is 11.3 Å². The summed E-state index contributed by atoms with van der Waals surface area (Å²) in [5.41, 5.74) is 1.73. The van der Waals surface area contributed by atoms with Crippen LogP contribution in [0.3, 0.4) is 0 Å². The molecule has 0 saturated carbocycles. The monoisotopic (exact) mass is 406 g/mol. The number of carbonyl (C=O) groups is 1. The third kappa shape index (κ3) is 2.86. The number of hydrogen-bond acceptors (Lipinski definition) is 9. The van der Waals surface area contributed by atoms with Crippen molar-refractivity contribution in [3.8, 4) is 0 Å². The van der Waals surface area contributed by atoms with Gasteiger partial charge < -0.3 is 19.9 Å².